The Labute approximate surface area is 123 Å². The Morgan fingerprint density at radius 2 is 1.85 bits per heavy atom. The maximum absolute atomic E-state index is 11.6. The third-order valence-corrected chi connectivity index (χ3v) is 5.81. The van der Waals surface area contributed by atoms with Gasteiger partial charge in [-0.2, -0.15) is 0 Å². The molecule has 0 N–H and O–H groups in total. The van der Waals surface area contributed by atoms with E-state index in [2.05, 4.69) is 16.8 Å². The number of rotatable bonds is 2. The largest absolute Gasteiger partial charge is 0.345 e. The van der Waals surface area contributed by atoms with E-state index in [-0.39, 0.29) is 0 Å². The molecule has 1 atom stereocenters. The van der Waals surface area contributed by atoms with Crippen molar-refractivity contribution in [3.05, 3.63) is 0 Å². The lowest BCUT2D eigenvalue weighted by atomic mass is 9.78. The molecule has 1 spiro atoms. The molecule has 3 heterocycles. The van der Waals surface area contributed by atoms with Crippen LogP contribution < -0.4 is 0 Å². The molecule has 1 unspecified atom stereocenters. The Morgan fingerprint density at radius 3 is 2.55 bits per heavy atom. The van der Waals surface area contributed by atoms with E-state index < -0.39 is 0 Å². The van der Waals surface area contributed by atoms with Crippen molar-refractivity contribution in [2.75, 3.05) is 53.4 Å². The molecule has 4 nitrogen and oxygen atoms in total. The van der Waals surface area contributed by atoms with Gasteiger partial charge >= 0.3 is 0 Å². The van der Waals surface area contributed by atoms with Crippen LogP contribution in [0.4, 0.5) is 0 Å². The molecule has 0 saturated carbocycles. The Kier molecular flexibility index (Phi) is 4.04. The van der Waals surface area contributed by atoms with Crippen LogP contribution in [0.25, 0.3) is 0 Å². The summed E-state index contributed by atoms with van der Waals surface area (Å²) in [6, 6.07) is 0. The molecular formula is C16H29N3O. The van der Waals surface area contributed by atoms with E-state index in [9.17, 15) is 4.79 Å². The van der Waals surface area contributed by atoms with Gasteiger partial charge in [-0.05, 0) is 63.7 Å². The second-order valence-electron chi connectivity index (χ2n) is 7.47. The first-order valence-corrected chi connectivity index (χ1v) is 8.21. The van der Waals surface area contributed by atoms with Gasteiger partial charge in [0.15, 0.2) is 0 Å². The van der Waals surface area contributed by atoms with E-state index in [1.165, 1.54) is 52.0 Å². The van der Waals surface area contributed by atoms with Crippen LogP contribution in [0.2, 0.25) is 0 Å². The van der Waals surface area contributed by atoms with Crippen LogP contribution in [0.3, 0.4) is 0 Å². The Bertz CT molecular complexity index is 363. The van der Waals surface area contributed by atoms with Gasteiger partial charge in [0.2, 0.25) is 5.91 Å². The average Bonchev–Trinajstić information content (AvgIpc) is 2.81. The van der Waals surface area contributed by atoms with Gasteiger partial charge in [0.1, 0.15) is 0 Å². The van der Waals surface area contributed by atoms with Crippen LogP contribution in [0, 0.1) is 11.3 Å². The molecule has 0 aromatic heterocycles. The quantitative estimate of drug-likeness (QED) is 0.762. The van der Waals surface area contributed by atoms with E-state index in [1.807, 2.05) is 11.9 Å². The Morgan fingerprint density at radius 1 is 1.15 bits per heavy atom. The number of likely N-dealkylation sites (tertiary alicyclic amines) is 3. The van der Waals surface area contributed by atoms with Gasteiger partial charge in [-0.3, -0.25) is 4.79 Å². The summed E-state index contributed by atoms with van der Waals surface area (Å²) < 4.78 is 0. The summed E-state index contributed by atoms with van der Waals surface area (Å²) in [7, 11) is 4.20. The van der Waals surface area contributed by atoms with E-state index >= 15 is 0 Å². The topological polar surface area (TPSA) is 26.8 Å². The lowest BCUT2D eigenvalue weighted by Gasteiger charge is -2.38. The molecule has 114 valence electrons. The minimum Gasteiger partial charge on any atom is -0.345 e. The highest BCUT2D eigenvalue weighted by molar-refractivity contribution is 5.76. The van der Waals surface area contributed by atoms with Gasteiger partial charge in [-0.1, -0.05) is 0 Å². The molecule has 3 aliphatic rings. The fourth-order valence-electron chi connectivity index (χ4n) is 4.30. The predicted molar refractivity (Wildman–Crippen MR) is 80.6 cm³/mol. The van der Waals surface area contributed by atoms with Gasteiger partial charge in [0.25, 0.3) is 0 Å². The molecule has 3 fully saturated rings. The fourth-order valence-corrected chi connectivity index (χ4v) is 4.30. The van der Waals surface area contributed by atoms with E-state index in [4.69, 9.17) is 0 Å². The van der Waals surface area contributed by atoms with Crippen molar-refractivity contribution in [1.82, 2.24) is 14.7 Å². The average molecular weight is 279 g/mol. The molecule has 3 saturated heterocycles. The highest BCUT2D eigenvalue weighted by Gasteiger charge is 2.40. The molecule has 0 bridgehead atoms. The van der Waals surface area contributed by atoms with Crippen LogP contribution in [0.15, 0.2) is 0 Å². The lowest BCUT2D eigenvalue weighted by molar-refractivity contribution is -0.133. The number of hydrogen-bond acceptors (Lipinski definition) is 3. The molecule has 0 aliphatic carbocycles. The summed E-state index contributed by atoms with van der Waals surface area (Å²) in [5, 5.41) is 0. The summed E-state index contributed by atoms with van der Waals surface area (Å²) in [4.78, 5) is 18.6. The predicted octanol–water partition coefficient (Wildman–Crippen LogP) is 1.27. The Hall–Kier alpha value is -0.610. The van der Waals surface area contributed by atoms with Crippen molar-refractivity contribution < 1.29 is 4.79 Å². The van der Waals surface area contributed by atoms with Crippen LogP contribution >= 0.6 is 0 Å². The SMILES string of the molecule is CN1CCC2(CC1)CCN(CC1CCC(=O)N(C)C1)C2. The number of hydrogen-bond donors (Lipinski definition) is 0. The molecule has 3 aliphatic heterocycles. The summed E-state index contributed by atoms with van der Waals surface area (Å²) in [5.74, 6) is 1.02. The van der Waals surface area contributed by atoms with Gasteiger partial charge in [-0.25, -0.2) is 0 Å². The molecule has 0 radical (unpaired) electrons. The maximum atomic E-state index is 11.6. The van der Waals surface area contributed by atoms with Crippen molar-refractivity contribution in [2.45, 2.75) is 32.1 Å². The molecule has 20 heavy (non-hydrogen) atoms. The van der Waals surface area contributed by atoms with Crippen molar-refractivity contribution in [3.8, 4) is 0 Å². The first kappa shape index (κ1) is 14.3. The highest BCUT2D eigenvalue weighted by atomic mass is 16.2. The summed E-state index contributed by atoms with van der Waals surface area (Å²) in [6.45, 7) is 7.29. The minimum atomic E-state index is 0.328. The number of carbonyl (C=O) groups is 1. The van der Waals surface area contributed by atoms with Crippen LogP contribution in [-0.4, -0.2) is 74.0 Å². The van der Waals surface area contributed by atoms with Gasteiger partial charge in [-0.15, -0.1) is 0 Å². The Balaban J connectivity index is 1.49. The minimum absolute atomic E-state index is 0.328. The normalized spacial score (nSPS) is 32.2. The number of carbonyl (C=O) groups excluding carboxylic acids is 1. The molecule has 0 aromatic rings. The molecule has 0 aromatic carbocycles. The lowest BCUT2D eigenvalue weighted by Crippen LogP contribution is -2.43. The van der Waals surface area contributed by atoms with Gasteiger partial charge in [0.05, 0.1) is 0 Å². The van der Waals surface area contributed by atoms with Crippen LogP contribution in [0.1, 0.15) is 32.1 Å². The summed E-state index contributed by atoms with van der Waals surface area (Å²) >= 11 is 0. The second kappa shape index (κ2) is 5.64. The number of amides is 1. The van der Waals surface area contributed by atoms with Crippen molar-refractivity contribution in [3.63, 3.8) is 0 Å². The molecule has 1 amide bonds. The first-order chi connectivity index (χ1) is 9.56. The number of nitrogens with zero attached hydrogens (tertiary/aromatic N) is 3. The smallest absolute Gasteiger partial charge is 0.222 e. The van der Waals surface area contributed by atoms with Crippen molar-refractivity contribution >= 4 is 5.91 Å². The third kappa shape index (κ3) is 3.01. The van der Waals surface area contributed by atoms with Crippen LogP contribution in [-0.2, 0) is 4.79 Å². The number of piperidine rings is 2. The first-order valence-electron chi connectivity index (χ1n) is 8.21. The zero-order valence-electron chi connectivity index (χ0n) is 13.1. The standard InChI is InChI=1S/C16H29N3O/c1-17-8-5-16(6-9-17)7-10-19(13-16)12-14-3-4-15(20)18(2)11-14/h14H,3-13H2,1-2H3. The zero-order chi connectivity index (χ0) is 14.2. The zero-order valence-corrected chi connectivity index (χ0v) is 13.1. The van der Waals surface area contributed by atoms with Crippen molar-refractivity contribution in [1.29, 1.82) is 0 Å². The van der Waals surface area contributed by atoms with E-state index in [1.54, 1.807) is 0 Å². The van der Waals surface area contributed by atoms with Crippen LogP contribution in [0.5, 0.6) is 0 Å². The third-order valence-electron chi connectivity index (χ3n) is 5.81. The molecular weight excluding hydrogens is 250 g/mol. The monoisotopic (exact) mass is 279 g/mol. The van der Waals surface area contributed by atoms with Crippen molar-refractivity contribution in [2.24, 2.45) is 11.3 Å². The fraction of sp³-hybridized carbons (Fsp3) is 0.938. The summed E-state index contributed by atoms with van der Waals surface area (Å²) in [5.41, 5.74) is 0.614. The van der Waals surface area contributed by atoms with Gasteiger partial charge < -0.3 is 14.7 Å². The molecule has 3 rings (SSSR count). The van der Waals surface area contributed by atoms with E-state index in [0.29, 0.717) is 17.2 Å². The maximum Gasteiger partial charge on any atom is 0.222 e. The van der Waals surface area contributed by atoms with E-state index in [0.717, 1.165) is 19.4 Å². The highest BCUT2D eigenvalue weighted by Crippen LogP contribution is 2.40. The summed E-state index contributed by atoms with van der Waals surface area (Å²) in [6.07, 6.45) is 5.99. The van der Waals surface area contributed by atoms with Gasteiger partial charge in [0, 0.05) is 33.1 Å². The second-order valence-corrected chi connectivity index (χ2v) is 7.47. The molecule has 4 heteroatoms.